The van der Waals surface area contributed by atoms with E-state index in [2.05, 4.69) is 19.2 Å². The maximum Gasteiger partial charge on any atom is 0.223 e. The van der Waals surface area contributed by atoms with E-state index in [1.54, 1.807) is 0 Å². The van der Waals surface area contributed by atoms with E-state index in [0.717, 1.165) is 38.7 Å². The van der Waals surface area contributed by atoms with Gasteiger partial charge >= 0.3 is 0 Å². The minimum Gasteiger partial charge on any atom is -0.373 e. The van der Waals surface area contributed by atoms with E-state index in [1.165, 1.54) is 0 Å². The van der Waals surface area contributed by atoms with Gasteiger partial charge in [-0.15, -0.1) is 0 Å². The predicted octanol–water partition coefficient (Wildman–Crippen LogP) is 1.44. The molecular weight excluding hydrogens is 228 g/mol. The molecule has 4 unspecified atom stereocenters. The van der Waals surface area contributed by atoms with Crippen molar-refractivity contribution in [1.82, 2.24) is 5.32 Å². The van der Waals surface area contributed by atoms with Crippen molar-refractivity contribution >= 4 is 5.91 Å². The minimum atomic E-state index is -0.157. The Morgan fingerprint density at radius 3 is 2.94 bits per heavy atom. The van der Waals surface area contributed by atoms with Crippen LogP contribution in [0.5, 0.6) is 0 Å². The number of carbonyl (C=O) groups excluding carboxylic acids is 1. The average Bonchev–Trinajstić information content (AvgIpc) is 2.77. The molecule has 104 valence electrons. The van der Waals surface area contributed by atoms with E-state index in [1.807, 2.05) is 0 Å². The van der Waals surface area contributed by atoms with Crippen LogP contribution >= 0.6 is 0 Å². The Hall–Kier alpha value is -0.610. The number of ether oxygens (including phenoxy) is 1. The van der Waals surface area contributed by atoms with Gasteiger partial charge in [0.25, 0.3) is 0 Å². The van der Waals surface area contributed by atoms with Crippen LogP contribution in [0.2, 0.25) is 0 Å². The van der Waals surface area contributed by atoms with Crippen molar-refractivity contribution in [2.75, 3.05) is 13.2 Å². The lowest BCUT2D eigenvalue weighted by atomic mass is 9.77. The first kappa shape index (κ1) is 13.8. The molecule has 18 heavy (non-hydrogen) atoms. The van der Waals surface area contributed by atoms with Crippen LogP contribution in [0.15, 0.2) is 0 Å². The molecule has 1 aliphatic heterocycles. The van der Waals surface area contributed by atoms with Gasteiger partial charge in [-0.2, -0.15) is 0 Å². The number of amides is 1. The maximum absolute atomic E-state index is 12.2. The van der Waals surface area contributed by atoms with E-state index >= 15 is 0 Å². The summed E-state index contributed by atoms with van der Waals surface area (Å²) in [4.78, 5) is 12.2. The highest BCUT2D eigenvalue weighted by atomic mass is 16.5. The Bertz CT molecular complexity index is 300. The highest BCUT2D eigenvalue weighted by Gasteiger charge is 2.34. The van der Waals surface area contributed by atoms with E-state index in [-0.39, 0.29) is 23.5 Å². The van der Waals surface area contributed by atoms with Gasteiger partial charge in [0, 0.05) is 25.1 Å². The quantitative estimate of drug-likeness (QED) is 0.801. The molecule has 4 heteroatoms. The van der Waals surface area contributed by atoms with Crippen LogP contribution in [0, 0.1) is 11.8 Å². The van der Waals surface area contributed by atoms with Crippen molar-refractivity contribution < 1.29 is 9.53 Å². The Labute approximate surface area is 110 Å². The summed E-state index contributed by atoms with van der Waals surface area (Å²) < 4.78 is 5.69. The van der Waals surface area contributed by atoms with Crippen LogP contribution in [0.3, 0.4) is 0 Å². The number of carbonyl (C=O) groups is 1. The standard InChI is InChI=1S/C14H26N2O2/c1-10-4-5-11(15)8-12(10)13(17)16-9-14(2)6-3-7-18-14/h10-12H,3-9,15H2,1-2H3,(H,16,17). The van der Waals surface area contributed by atoms with Crippen molar-refractivity contribution in [1.29, 1.82) is 0 Å². The number of hydrogen-bond donors (Lipinski definition) is 2. The van der Waals surface area contributed by atoms with Crippen LogP contribution in [-0.2, 0) is 9.53 Å². The highest BCUT2D eigenvalue weighted by molar-refractivity contribution is 5.79. The molecule has 4 nitrogen and oxygen atoms in total. The monoisotopic (exact) mass is 254 g/mol. The molecule has 2 rings (SSSR count). The molecule has 0 bridgehead atoms. The summed E-state index contributed by atoms with van der Waals surface area (Å²) in [6.07, 6.45) is 5.06. The second kappa shape index (κ2) is 5.57. The molecule has 1 saturated heterocycles. The van der Waals surface area contributed by atoms with Crippen LogP contribution in [-0.4, -0.2) is 30.7 Å². The summed E-state index contributed by atoms with van der Waals surface area (Å²) >= 11 is 0. The smallest absolute Gasteiger partial charge is 0.223 e. The molecule has 4 atom stereocenters. The first-order chi connectivity index (χ1) is 8.50. The van der Waals surface area contributed by atoms with E-state index in [0.29, 0.717) is 12.5 Å². The largest absolute Gasteiger partial charge is 0.373 e. The van der Waals surface area contributed by atoms with Gasteiger partial charge < -0.3 is 15.8 Å². The second-order valence-electron chi connectivity index (χ2n) is 6.28. The molecule has 1 saturated carbocycles. The summed E-state index contributed by atoms with van der Waals surface area (Å²) in [5.41, 5.74) is 5.81. The normalized spacial score (nSPS) is 40.7. The second-order valence-corrected chi connectivity index (χ2v) is 6.28. The van der Waals surface area contributed by atoms with Gasteiger partial charge in [0.15, 0.2) is 0 Å². The molecule has 2 fully saturated rings. The third kappa shape index (κ3) is 3.23. The summed E-state index contributed by atoms with van der Waals surface area (Å²) in [5, 5.41) is 3.07. The highest BCUT2D eigenvalue weighted by Crippen LogP contribution is 2.30. The molecule has 1 aliphatic carbocycles. The fourth-order valence-electron chi connectivity index (χ4n) is 3.10. The van der Waals surface area contributed by atoms with Crippen LogP contribution in [0.1, 0.15) is 46.0 Å². The van der Waals surface area contributed by atoms with Gasteiger partial charge in [-0.1, -0.05) is 6.92 Å². The number of nitrogens with one attached hydrogen (secondary N) is 1. The molecule has 2 aliphatic rings. The summed E-state index contributed by atoms with van der Waals surface area (Å²) in [6, 6.07) is 0.190. The fraction of sp³-hybridized carbons (Fsp3) is 0.929. The lowest BCUT2D eigenvalue weighted by Crippen LogP contribution is -2.46. The van der Waals surface area contributed by atoms with Crippen LogP contribution < -0.4 is 11.1 Å². The number of rotatable bonds is 3. The summed E-state index contributed by atoms with van der Waals surface area (Å²) in [6.45, 7) is 5.68. The van der Waals surface area contributed by atoms with Gasteiger partial charge in [0.05, 0.1) is 5.60 Å². The van der Waals surface area contributed by atoms with Crippen LogP contribution in [0.25, 0.3) is 0 Å². The van der Waals surface area contributed by atoms with Crippen molar-refractivity contribution in [3.05, 3.63) is 0 Å². The van der Waals surface area contributed by atoms with Crippen molar-refractivity contribution in [2.45, 2.75) is 57.6 Å². The molecule has 1 amide bonds. The van der Waals surface area contributed by atoms with Crippen molar-refractivity contribution in [3.8, 4) is 0 Å². The van der Waals surface area contributed by atoms with E-state index in [4.69, 9.17) is 10.5 Å². The van der Waals surface area contributed by atoms with Crippen LogP contribution in [0.4, 0.5) is 0 Å². The minimum absolute atomic E-state index is 0.0822. The van der Waals surface area contributed by atoms with E-state index in [9.17, 15) is 4.79 Å². The SMILES string of the molecule is CC1CCC(N)CC1C(=O)NCC1(C)CCCO1. The lowest BCUT2D eigenvalue weighted by Gasteiger charge is -2.32. The Kier molecular flexibility index (Phi) is 4.28. The molecule has 1 heterocycles. The third-order valence-corrected chi connectivity index (χ3v) is 4.51. The zero-order valence-corrected chi connectivity index (χ0v) is 11.6. The molecule has 3 N–H and O–H groups in total. The van der Waals surface area contributed by atoms with Crippen molar-refractivity contribution in [3.63, 3.8) is 0 Å². The topological polar surface area (TPSA) is 64.4 Å². The van der Waals surface area contributed by atoms with Gasteiger partial charge in [0.1, 0.15) is 0 Å². The van der Waals surface area contributed by atoms with E-state index < -0.39 is 0 Å². The predicted molar refractivity (Wildman–Crippen MR) is 71.1 cm³/mol. The maximum atomic E-state index is 12.2. The molecule has 0 spiro atoms. The Balaban J connectivity index is 1.83. The first-order valence-corrected chi connectivity index (χ1v) is 7.17. The van der Waals surface area contributed by atoms with Gasteiger partial charge in [-0.25, -0.2) is 0 Å². The van der Waals surface area contributed by atoms with Gasteiger partial charge in [0.2, 0.25) is 5.91 Å². The third-order valence-electron chi connectivity index (χ3n) is 4.51. The number of hydrogen-bond acceptors (Lipinski definition) is 3. The fourth-order valence-corrected chi connectivity index (χ4v) is 3.10. The Morgan fingerprint density at radius 1 is 1.50 bits per heavy atom. The molecule has 0 aromatic carbocycles. The van der Waals surface area contributed by atoms with Gasteiger partial charge in [-0.3, -0.25) is 4.79 Å². The summed E-state index contributed by atoms with van der Waals surface area (Å²) in [7, 11) is 0. The molecular formula is C14H26N2O2. The lowest BCUT2D eigenvalue weighted by molar-refractivity contribution is -0.129. The summed E-state index contributed by atoms with van der Waals surface area (Å²) in [5.74, 6) is 0.690. The zero-order valence-electron chi connectivity index (χ0n) is 11.6. The Morgan fingerprint density at radius 2 is 2.28 bits per heavy atom. The molecule has 0 aromatic rings. The van der Waals surface area contributed by atoms with Crippen molar-refractivity contribution in [2.24, 2.45) is 17.6 Å². The molecule has 0 aromatic heterocycles. The first-order valence-electron chi connectivity index (χ1n) is 7.17. The van der Waals surface area contributed by atoms with Gasteiger partial charge in [-0.05, 0) is 44.9 Å². The average molecular weight is 254 g/mol. The number of nitrogens with two attached hydrogens (primary N) is 1. The molecule has 0 radical (unpaired) electrons. The zero-order chi connectivity index (χ0) is 13.2.